The van der Waals surface area contributed by atoms with Gasteiger partial charge in [-0.05, 0) is 55.9 Å². The summed E-state index contributed by atoms with van der Waals surface area (Å²) in [5.41, 5.74) is 2.67. The highest BCUT2D eigenvalue weighted by Crippen LogP contribution is 2.28. The minimum absolute atomic E-state index is 0.150. The Morgan fingerprint density at radius 3 is 2.60 bits per heavy atom. The monoisotopic (exact) mass is 469 g/mol. The van der Waals surface area contributed by atoms with E-state index in [2.05, 4.69) is 40.2 Å². The fraction of sp³-hybridized carbons (Fsp3) is 0.333. The van der Waals surface area contributed by atoms with Crippen LogP contribution < -0.4 is 0 Å². The van der Waals surface area contributed by atoms with Gasteiger partial charge >= 0.3 is 5.97 Å². The minimum atomic E-state index is -0.605. The van der Waals surface area contributed by atoms with Crippen molar-refractivity contribution in [2.75, 3.05) is 19.7 Å². The lowest BCUT2D eigenvalue weighted by Crippen LogP contribution is -2.41. The number of piperidine rings is 1. The van der Waals surface area contributed by atoms with Gasteiger partial charge < -0.3 is 14.1 Å². The van der Waals surface area contributed by atoms with Crippen LogP contribution >= 0.6 is 15.9 Å². The van der Waals surface area contributed by atoms with Crippen molar-refractivity contribution in [2.45, 2.75) is 26.2 Å². The third kappa shape index (κ3) is 4.59. The topological polar surface area (TPSA) is 59.8 Å². The van der Waals surface area contributed by atoms with Crippen molar-refractivity contribution in [3.05, 3.63) is 69.9 Å². The van der Waals surface area contributed by atoms with Gasteiger partial charge in [0, 0.05) is 28.5 Å². The van der Waals surface area contributed by atoms with E-state index in [0.29, 0.717) is 30.2 Å². The number of fused-ring (bicyclic) bond motifs is 1. The average molecular weight is 470 g/mol. The molecule has 1 amide bonds. The molecule has 1 fully saturated rings. The Labute approximate surface area is 184 Å². The summed E-state index contributed by atoms with van der Waals surface area (Å²) in [4.78, 5) is 26.8. The number of carbonyl (C=O) groups excluding carboxylic acids is 2. The molecular weight excluding hydrogens is 446 g/mol. The molecule has 1 aliphatic heterocycles. The van der Waals surface area contributed by atoms with Crippen LogP contribution in [0.4, 0.5) is 0 Å². The molecule has 2 aromatic carbocycles. The van der Waals surface area contributed by atoms with Crippen LogP contribution in [-0.2, 0) is 16.0 Å². The minimum Gasteiger partial charge on any atom is -0.450 e. The zero-order valence-electron chi connectivity index (χ0n) is 16.9. The quantitative estimate of drug-likeness (QED) is 0.485. The summed E-state index contributed by atoms with van der Waals surface area (Å²) >= 11 is 3.42. The summed E-state index contributed by atoms with van der Waals surface area (Å²) in [6.07, 6.45) is 2.97. The third-order valence-electron chi connectivity index (χ3n) is 5.74. The van der Waals surface area contributed by atoms with Crippen LogP contribution in [0.2, 0.25) is 0 Å². The first kappa shape index (κ1) is 20.7. The van der Waals surface area contributed by atoms with Gasteiger partial charge in [-0.1, -0.05) is 46.3 Å². The van der Waals surface area contributed by atoms with Crippen molar-refractivity contribution in [2.24, 2.45) is 5.92 Å². The average Bonchev–Trinajstić information content (AvgIpc) is 3.09. The Kier molecular flexibility index (Phi) is 6.23. The van der Waals surface area contributed by atoms with Gasteiger partial charge in [0.1, 0.15) is 5.58 Å². The van der Waals surface area contributed by atoms with Gasteiger partial charge in [-0.25, -0.2) is 4.79 Å². The van der Waals surface area contributed by atoms with E-state index in [9.17, 15) is 9.59 Å². The summed E-state index contributed by atoms with van der Waals surface area (Å²) < 4.78 is 11.8. The molecule has 3 aromatic rings. The highest BCUT2D eigenvalue weighted by Gasteiger charge is 2.25. The number of esters is 1. The Morgan fingerprint density at radius 1 is 1.13 bits per heavy atom. The number of rotatable bonds is 5. The number of furan rings is 1. The number of likely N-dealkylation sites (tertiary alicyclic amines) is 1. The van der Waals surface area contributed by atoms with Gasteiger partial charge in [-0.3, -0.25) is 4.79 Å². The number of aryl methyl sites for hydroxylation is 1. The molecule has 6 heteroatoms. The molecule has 0 saturated carbocycles. The fourth-order valence-corrected chi connectivity index (χ4v) is 4.37. The van der Waals surface area contributed by atoms with E-state index in [0.717, 1.165) is 29.1 Å². The zero-order valence-corrected chi connectivity index (χ0v) is 18.5. The number of carbonyl (C=O) groups is 2. The molecule has 0 N–H and O–H groups in total. The van der Waals surface area contributed by atoms with Crippen LogP contribution in [0, 0.1) is 12.8 Å². The lowest BCUT2D eigenvalue weighted by Gasteiger charge is -2.32. The molecule has 4 rings (SSSR count). The Balaban J connectivity index is 1.29. The smallest absolute Gasteiger partial charge is 0.375 e. The van der Waals surface area contributed by atoms with E-state index in [4.69, 9.17) is 9.15 Å². The van der Waals surface area contributed by atoms with Crippen LogP contribution in [0.15, 0.2) is 57.4 Å². The maximum Gasteiger partial charge on any atom is 0.375 e. The lowest BCUT2D eigenvalue weighted by molar-refractivity contribution is -0.135. The van der Waals surface area contributed by atoms with Crippen molar-refractivity contribution >= 4 is 38.8 Å². The highest BCUT2D eigenvalue weighted by molar-refractivity contribution is 9.10. The summed E-state index contributed by atoms with van der Waals surface area (Å²) in [6, 6.07) is 16.0. The molecule has 0 unspecified atom stereocenters. The van der Waals surface area contributed by atoms with Crippen molar-refractivity contribution in [1.82, 2.24) is 4.90 Å². The predicted octanol–water partition coefficient (Wildman–Crippen LogP) is 5.14. The summed E-state index contributed by atoms with van der Waals surface area (Å²) in [6.45, 7) is 2.95. The molecule has 1 aromatic heterocycles. The third-order valence-corrected chi connectivity index (χ3v) is 6.24. The van der Waals surface area contributed by atoms with Crippen LogP contribution in [0.25, 0.3) is 11.0 Å². The maximum atomic E-state index is 12.5. The van der Waals surface area contributed by atoms with E-state index < -0.39 is 5.97 Å². The Bertz CT molecular complexity index is 1050. The zero-order chi connectivity index (χ0) is 21.1. The summed E-state index contributed by atoms with van der Waals surface area (Å²) in [5, 5.41) is 0.850. The van der Waals surface area contributed by atoms with E-state index in [-0.39, 0.29) is 18.3 Å². The number of amides is 1. The molecule has 0 radical (unpaired) electrons. The SMILES string of the molecule is Cc1c(C(=O)OCC(=O)N2CCC(Cc3ccccc3)CC2)oc2ccc(Br)cc12. The Hall–Kier alpha value is -2.60. The first-order valence-electron chi connectivity index (χ1n) is 10.2. The number of hydrogen-bond donors (Lipinski definition) is 0. The molecular formula is C24H24BrNO4. The molecule has 0 atom stereocenters. The number of ether oxygens (including phenoxy) is 1. The number of nitrogens with zero attached hydrogens (tertiary/aromatic N) is 1. The second-order valence-corrected chi connectivity index (χ2v) is 8.70. The van der Waals surface area contributed by atoms with E-state index in [1.54, 1.807) is 11.0 Å². The van der Waals surface area contributed by atoms with Crippen LogP contribution in [-0.4, -0.2) is 36.5 Å². The van der Waals surface area contributed by atoms with E-state index in [1.807, 2.05) is 25.1 Å². The molecule has 156 valence electrons. The molecule has 0 aliphatic carbocycles. The van der Waals surface area contributed by atoms with Gasteiger partial charge in [0.05, 0.1) is 0 Å². The van der Waals surface area contributed by atoms with Crippen molar-refractivity contribution in [3.63, 3.8) is 0 Å². The van der Waals surface area contributed by atoms with E-state index in [1.165, 1.54) is 5.56 Å². The normalized spacial score (nSPS) is 14.8. The van der Waals surface area contributed by atoms with Crippen molar-refractivity contribution < 1.29 is 18.7 Å². The number of halogens is 1. The van der Waals surface area contributed by atoms with Crippen LogP contribution in [0.1, 0.15) is 34.5 Å². The standard InChI is InChI=1S/C24H24BrNO4/c1-16-20-14-19(25)7-8-21(20)30-23(16)24(28)29-15-22(27)26-11-9-18(10-12-26)13-17-5-3-2-4-6-17/h2-8,14,18H,9-13,15H2,1H3. The molecule has 1 aliphatic rings. The summed E-state index contributed by atoms with van der Waals surface area (Å²) in [7, 11) is 0. The first-order valence-corrected chi connectivity index (χ1v) is 11.0. The molecule has 0 spiro atoms. The number of hydrogen-bond acceptors (Lipinski definition) is 4. The van der Waals surface area contributed by atoms with Crippen molar-refractivity contribution in [3.8, 4) is 0 Å². The van der Waals surface area contributed by atoms with Gasteiger partial charge in [-0.2, -0.15) is 0 Å². The highest BCUT2D eigenvalue weighted by atomic mass is 79.9. The lowest BCUT2D eigenvalue weighted by atomic mass is 9.90. The Morgan fingerprint density at radius 2 is 1.87 bits per heavy atom. The van der Waals surface area contributed by atoms with E-state index >= 15 is 0 Å². The summed E-state index contributed by atoms with van der Waals surface area (Å²) in [5.74, 6) is -0.0286. The van der Waals surface area contributed by atoms with Gasteiger partial charge in [0.25, 0.3) is 5.91 Å². The molecule has 30 heavy (non-hydrogen) atoms. The molecule has 1 saturated heterocycles. The fourth-order valence-electron chi connectivity index (χ4n) is 4.01. The molecule has 0 bridgehead atoms. The van der Waals surface area contributed by atoms with Gasteiger partial charge in [0.15, 0.2) is 6.61 Å². The van der Waals surface area contributed by atoms with Gasteiger partial charge in [-0.15, -0.1) is 0 Å². The molecule has 5 nitrogen and oxygen atoms in total. The largest absolute Gasteiger partial charge is 0.450 e. The van der Waals surface area contributed by atoms with Crippen molar-refractivity contribution in [1.29, 1.82) is 0 Å². The second-order valence-electron chi connectivity index (χ2n) is 7.79. The van der Waals surface area contributed by atoms with Crippen LogP contribution in [0.5, 0.6) is 0 Å². The first-order chi connectivity index (χ1) is 14.5. The van der Waals surface area contributed by atoms with Gasteiger partial charge in [0.2, 0.25) is 5.76 Å². The maximum absolute atomic E-state index is 12.5. The predicted molar refractivity (Wildman–Crippen MR) is 118 cm³/mol. The molecule has 2 heterocycles. The van der Waals surface area contributed by atoms with Crippen LogP contribution in [0.3, 0.4) is 0 Å². The number of benzene rings is 2. The second kappa shape index (κ2) is 9.04.